The number of morpholine rings is 1. The molecule has 1 saturated heterocycles. The molecule has 2 rings (SSSR count). The lowest BCUT2D eigenvalue weighted by molar-refractivity contribution is -0.127. The van der Waals surface area contributed by atoms with Crippen LogP contribution in [0.1, 0.15) is 26.7 Å². The first-order chi connectivity index (χ1) is 13.0. The predicted octanol–water partition coefficient (Wildman–Crippen LogP) is 2.24. The standard InChI is InChI=1S/C19H28FN3O4/c1-3-17(27-4-2)19(25)21-14-5-6-15(20)16(13-14)22-18(24)7-8-23-9-11-26-12-10-23/h5-6,13,17H,3-4,7-12H2,1-2H3,(H,21,25)(H,22,24). The molecule has 0 saturated carbocycles. The maximum atomic E-state index is 14.0. The molecule has 1 aromatic rings. The second kappa shape index (κ2) is 11.0. The lowest BCUT2D eigenvalue weighted by Gasteiger charge is -2.26. The van der Waals surface area contributed by atoms with Crippen LogP contribution in [-0.2, 0) is 19.1 Å². The number of halogens is 1. The summed E-state index contributed by atoms with van der Waals surface area (Å²) in [4.78, 5) is 26.5. The Morgan fingerprint density at radius 3 is 2.67 bits per heavy atom. The van der Waals surface area contributed by atoms with Crippen molar-refractivity contribution in [1.82, 2.24) is 4.90 Å². The first-order valence-electron chi connectivity index (χ1n) is 9.35. The average molecular weight is 381 g/mol. The molecule has 1 aliphatic rings. The maximum absolute atomic E-state index is 14.0. The van der Waals surface area contributed by atoms with E-state index in [1.54, 1.807) is 0 Å². The number of amides is 2. The monoisotopic (exact) mass is 381 g/mol. The average Bonchev–Trinajstić information content (AvgIpc) is 2.67. The summed E-state index contributed by atoms with van der Waals surface area (Å²) in [5, 5.41) is 5.28. The van der Waals surface area contributed by atoms with Crippen LogP contribution in [0.25, 0.3) is 0 Å². The first-order valence-corrected chi connectivity index (χ1v) is 9.35. The highest BCUT2D eigenvalue weighted by molar-refractivity contribution is 5.96. The number of nitrogens with zero attached hydrogens (tertiary/aromatic N) is 1. The van der Waals surface area contributed by atoms with Crippen LogP contribution < -0.4 is 10.6 Å². The summed E-state index contributed by atoms with van der Waals surface area (Å²) < 4.78 is 24.7. The van der Waals surface area contributed by atoms with E-state index < -0.39 is 11.9 Å². The van der Waals surface area contributed by atoms with Crippen molar-refractivity contribution in [2.24, 2.45) is 0 Å². The summed E-state index contributed by atoms with van der Waals surface area (Å²) in [6, 6.07) is 4.09. The third-order valence-electron chi connectivity index (χ3n) is 4.30. The van der Waals surface area contributed by atoms with E-state index in [2.05, 4.69) is 15.5 Å². The van der Waals surface area contributed by atoms with Crippen molar-refractivity contribution in [3.05, 3.63) is 24.0 Å². The van der Waals surface area contributed by atoms with Gasteiger partial charge >= 0.3 is 0 Å². The lowest BCUT2D eigenvalue weighted by Crippen LogP contribution is -2.38. The van der Waals surface area contributed by atoms with E-state index in [1.165, 1.54) is 18.2 Å². The summed E-state index contributed by atoms with van der Waals surface area (Å²) in [7, 11) is 0. The molecule has 1 unspecified atom stereocenters. The zero-order chi connectivity index (χ0) is 19.6. The van der Waals surface area contributed by atoms with Gasteiger partial charge in [-0.1, -0.05) is 6.92 Å². The Labute approximate surface area is 159 Å². The number of carbonyl (C=O) groups excluding carboxylic acids is 2. The Morgan fingerprint density at radius 1 is 1.26 bits per heavy atom. The number of benzene rings is 1. The van der Waals surface area contributed by atoms with Gasteiger partial charge in [-0.3, -0.25) is 14.5 Å². The Kier molecular flexibility index (Phi) is 8.63. The van der Waals surface area contributed by atoms with Crippen molar-refractivity contribution in [2.75, 3.05) is 50.1 Å². The first kappa shape index (κ1) is 21.3. The zero-order valence-electron chi connectivity index (χ0n) is 15.9. The number of carbonyl (C=O) groups is 2. The molecule has 2 amide bonds. The molecule has 1 atom stereocenters. The predicted molar refractivity (Wildman–Crippen MR) is 101 cm³/mol. The van der Waals surface area contributed by atoms with Gasteiger partial charge in [-0.05, 0) is 31.5 Å². The third kappa shape index (κ3) is 6.89. The maximum Gasteiger partial charge on any atom is 0.253 e. The van der Waals surface area contributed by atoms with Crippen LogP contribution in [0.5, 0.6) is 0 Å². The van der Waals surface area contributed by atoms with Crippen molar-refractivity contribution < 1.29 is 23.5 Å². The summed E-state index contributed by atoms with van der Waals surface area (Å²) in [6.45, 7) is 7.61. The normalized spacial score (nSPS) is 16.0. The topological polar surface area (TPSA) is 79.9 Å². The summed E-state index contributed by atoms with van der Waals surface area (Å²) in [5.41, 5.74) is 0.451. The molecule has 7 nitrogen and oxygen atoms in total. The Morgan fingerprint density at radius 2 is 2.00 bits per heavy atom. The van der Waals surface area contributed by atoms with Crippen LogP contribution in [0.3, 0.4) is 0 Å². The smallest absolute Gasteiger partial charge is 0.253 e. The van der Waals surface area contributed by atoms with Gasteiger partial charge in [0.25, 0.3) is 5.91 Å². The van der Waals surface area contributed by atoms with E-state index in [9.17, 15) is 14.0 Å². The van der Waals surface area contributed by atoms with E-state index in [-0.39, 0.29) is 23.9 Å². The van der Waals surface area contributed by atoms with Gasteiger partial charge in [0.1, 0.15) is 11.9 Å². The summed E-state index contributed by atoms with van der Waals surface area (Å²) in [5.74, 6) is -1.12. The van der Waals surface area contributed by atoms with Crippen molar-refractivity contribution in [3.63, 3.8) is 0 Å². The van der Waals surface area contributed by atoms with Gasteiger partial charge in [0.15, 0.2) is 0 Å². The minimum absolute atomic E-state index is 0.0456. The molecule has 0 radical (unpaired) electrons. The molecule has 1 heterocycles. The van der Waals surface area contributed by atoms with Crippen LogP contribution in [0.2, 0.25) is 0 Å². The number of ether oxygens (including phenoxy) is 2. The quantitative estimate of drug-likeness (QED) is 0.686. The highest BCUT2D eigenvalue weighted by Crippen LogP contribution is 2.20. The SMILES string of the molecule is CCOC(CC)C(=O)Nc1ccc(F)c(NC(=O)CCN2CCOCC2)c1. The molecule has 2 N–H and O–H groups in total. The fourth-order valence-corrected chi connectivity index (χ4v) is 2.80. The van der Waals surface area contributed by atoms with E-state index in [1.807, 2.05) is 13.8 Å². The van der Waals surface area contributed by atoms with Gasteiger partial charge in [-0.25, -0.2) is 4.39 Å². The molecular formula is C19H28FN3O4. The number of hydrogen-bond acceptors (Lipinski definition) is 5. The fraction of sp³-hybridized carbons (Fsp3) is 0.579. The number of nitrogens with one attached hydrogen (secondary N) is 2. The summed E-state index contributed by atoms with van der Waals surface area (Å²) in [6.07, 6.45) is 0.233. The van der Waals surface area contributed by atoms with Crippen molar-refractivity contribution in [1.29, 1.82) is 0 Å². The van der Waals surface area contributed by atoms with Gasteiger partial charge in [0, 0.05) is 38.3 Å². The number of hydrogen-bond donors (Lipinski definition) is 2. The molecule has 8 heteroatoms. The van der Waals surface area contributed by atoms with Crippen LogP contribution in [0, 0.1) is 5.82 Å². The van der Waals surface area contributed by atoms with Gasteiger partial charge in [-0.15, -0.1) is 0 Å². The molecule has 1 aliphatic heterocycles. The van der Waals surface area contributed by atoms with Crippen molar-refractivity contribution >= 4 is 23.2 Å². The van der Waals surface area contributed by atoms with E-state index >= 15 is 0 Å². The van der Waals surface area contributed by atoms with Gasteiger partial charge < -0.3 is 20.1 Å². The Hall–Kier alpha value is -2.03. The Bertz CT molecular complexity index is 635. The number of rotatable bonds is 9. The number of anilines is 2. The largest absolute Gasteiger partial charge is 0.379 e. The molecular weight excluding hydrogens is 353 g/mol. The molecule has 150 valence electrons. The molecule has 0 aromatic heterocycles. The van der Waals surface area contributed by atoms with E-state index in [0.29, 0.717) is 38.5 Å². The van der Waals surface area contributed by atoms with Crippen LogP contribution in [-0.4, -0.2) is 62.3 Å². The van der Waals surface area contributed by atoms with Crippen molar-refractivity contribution in [3.8, 4) is 0 Å². The molecule has 27 heavy (non-hydrogen) atoms. The second-order valence-electron chi connectivity index (χ2n) is 6.29. The minimum Gasteiger partial charge on any atom is -0.379 e. The van der Waals surface area contributed by atoms with Crippen molar-refractivity contribution in [2.45, 2.75) is 32.8 Å². The zero-order valence-corrected chi connectivity index (χ0v) is 15.9. The Balaban J connectivity index is 1.91. The molecule has 1 aromatic carbocycles. The highest BCUT2D eigenvalue weighted by atomic mass is 19.1. The molecule has 0 aliphatic carbocycles. The van der Waals surface area contributed by atoms with E-state index in [0.717, 1.165) is 13.1 Å². The third-order valence-corrected chi connectivity index (χ3v) is 4.30. The second-order valence-corrected chi connectivity index (χ2v) is 6.29. The highest BCUT2D eigenvalue weighted by Gasteiger charge is 2.18. The van der Waals surface area contributed by atoms with Gasteiger partial charge in [0.2, 0.25) is 5.91 Å². The van der Waals surface area contributed by atoms with Crippen LogP contribution in [0.15, 0.2) is 18.2 Å². The van der Waals surface area contributed by atoms with Gasteiger partial charge in [-0.2, -0.15) is 0 Å². The molecule has 0 bridgehead atoms. The summed E-state index contributed by atoms with van der Waals surface area (Å²) >= 11 is 0. The molecule has 1 fully saturated rings. The van der Waals surface area contributed by atoms with E-state index in [4.69, 9.17) is 9.47 Å². The van der Waals surface area contributed by atoms with Gasteiger partial charge in [0.05, 0.1) is 18.9 Å². The minimum atomic E-state index is -0.563. The van der Waals surface area contributed by atoms with Crippen LogP contribution in [0.4, 0.5) is 15.8 Å². The molecule has 0 spiro atoms. The van der Waals surface area contributed by atoms with Crippen LogP contribution >= 0.6 is 0 Å². The lowest BCUT2D eigenvalue weighted by atomic mass is 10.2. The fourth-order valence-electron chi connectivity index (χ4n) is 2.80.